The lowest BCUT2D eigenvalue weighted by molar-refractivity contribution is -0.132. The number of alkyl carbamates (subject to hydrolysis) is 2. The molecule has 15 nitrogen and oxygen atoms in total. The summed E-state index contributed by atoms with van der Waals surface area (Å²) in [7, 11) is 2.53. The van der Waals surface area contributed by atoms with Gasteiger partial charge >= 0.3 is 12.2 Å². The van der Waals surface area contributed by atoms with E-state index in [0.29, 0.717) is 24.8 Å². The zero-order valence-corrected chi connectivity index (χ0v) is 37.0. The van der Waals surface area contributed by atoms with E-state index in [1.165, 1.54) is 27.1 Å². The molecule has 326 valence electrons. The summed E-state index contributed by atoms with van der Waals surface area (Å²) in [4.78, 5) is 71.8. The smallest absolute Gasteiger partial charge is 0.407 e. The molecule has 1 aliphatic rings. The summed E-state index contributed by atoms with van der Waals surface area (Å²) in [6.45, 7) is 19.6. The van der Waals surface area contributed by atoms with E-state index in [1.807, 2.05) is 83.1 Å². The zero-order valence-electron chi connectivity index (χ0n) is 37.0. The van der Waals surface area contributed by atoms with Gasteiger partial charge in [-0.2, -0.15) is 0 Å². The zero-order chi connectivity index (χ0) is 44.3. The van der Waals surface area contributed by atoms with Gasteiger partial charge in [-0.3, -0.25) is 14.4 Å². The molecule has 2 aromatic carbocycles. The number of amides is 5. The van der Waals surface area contributed by atoms with Crippen molar-refractivity contribution in [3.63, 3.8) is 0 Å². The molecule has 5 rings (SSSR count). The van der Waals surface area contributed by atoms with Crippen molar-refractivity contribution in [2.75, 3.05) is 45.7 Å². The van der Waals surface area contributed by atoms with Crippen molar-refractivity contribution in [2.45, 2.75) is 107 Å². The Bertz CT molecular complexity index is 1840. The summed E-state index contributed by atoms with van der Waals surface area (Å²) in [5, 5.41) is 8.49. The first-order valence-corrected chi connectivity index (χ1v) is 20.6. The fourth-order valence-electron chi connectivity index (χ4n) is 5.84. The van der Waals surface area contributed by atoms with Gasteiger partial charge in [-0.15, -0.1) is 0 Å². The molecule has 59 heavy (non-hydrogen) atoms. The van der Waals surface area contributed by atoms with Crippen LogP contribution in [0.1, 0.15) is 106 Å². The predicted molar refractivity (Wildman–Crippen MR) is 236 cm³/mol. The Balaban J connectivity index is 0.000000654. The predicted octanol–water partition coefficient (Wildman–Crippen LogP) is 8.66. The van der Waals surface area contributed by atoms with Crippen LogP contribution < -0.4 is 16.0 Å². The number of carbonyl (C=O) groups excluding carboxylic acids is 5. The van der Waals surface area contributed by atoms with Crippen LogP contribution in [-0.2, 0) is 23.9 Å². The van der Waals surface area contributed by atoms with Gasteiger partial charge in [-0.1, -0.05) is 85.6 Å². The maximum atomic E-state index is 12.7. The van der Waals surface area contributed by atoms with E-state index in [4.69, 9.17) is 0 Å². The highest BCUT2D eigenvalue weighted by molar-refractivity contribution is 5.90. The summed E-state index contributed by atoms with van der Waals surface area (Å²) in [6.07, 6.45) is 6.57. The molecule has 1 aliphatic heterocycles. The molecule has 2 atom stereocenters. The number of ether oxygens (including phenoxy) is 2. The Morgan fingerprint density at radius 3 is 1.98 bits per heavy atom. The summed E-state index contributed by atoms with van der Waals surface area (Å²) in [5.74, 6) is 0.407. The molecular weight excluding hydrogens is 753 g/mol. The minimum absolute atomic E-state index is 0.0248. The first-order valence-electron chi connectivity index (χ1n) is 20.6. The van der Waals surface area contributed by atoms with Crippen LogP contribution in [0.25, 0.3) is 33.4 Å². The average molecular weight is 821 g/mol. The maximum Gasteiger partial charge on any atom is 0.407 e. The highest BCUT2D eigenvalue weighted by atomic mass is 16.5. The lowest BCUT2D eigenvalue weighted by Gasteiger charge is -2.27. The molecule has 15 heteroatoms. The third-order valence-electron chi connectivity index (χ3n) is 8.61. The lowest BCUT2D eigenvalue weighted by Crippen LogP contribution is -2.42. The lowest BCUT2D eigenvalue weighted by atomic mass is 10.1. The quantitative estimate of drug-likeness (QED) is 0.0877. The Hall–Kier alpha value is -5.86. The van der Waals surface area contributed by atoms with Crippen LogP contribution in [-0.4, -0.2) is 102 Å². The summed E-state index contributed by atoms with van der Waals surface area (Å²) in [5.41, 5.74) is 5.52. The van der Waals surface area contributed by atoms with Crippen LogP contribution in [0.3, 0.4) is 0 Å². The van der Waals surface area contributed by atoms with E-state index < -0.39 is 12.2 Å². The summed E-state index contributed by atoms with van der Waals surface area (Å²) >= 11 is 0. The Kier molecular flexibility index (Phi) is 24.7. The minimum Gasteiger partial charge on any atom is -0.453 e. The number of likely N-dealkylation sites (tertiary alicyclic amines) is 1. The van der Waals surface area contributed by atoms with E-state index in [9.17, 15) is 24.0 Å². The molecule has 0 bridgehead atoms. The standard InChI is InChI=1S/C27H30N6O4.C9H16N2O3.2C3H8.C2H6/c1-4-11-33(25(35)15-29-27(36)37-3)17(2)26-28-14-24(32-26)19-7-5-18(6-8-19)23-13-20-12-21(30-16-34)9-10-22(20)31-23;1-7-4-3-5-11(7)8(12)6-10-9(13)14-2;2*1-3-2;1-2/h5-10,12-14,16-17,31H,4,11,15H2,1-3H3,(H,28,32)(H,29,36)(H,30,34);7H,3-6H2,1-2H3,(H,10,13);2*3H2,1-2H3;1-2H3/t17-;;;;/m1..../s1. The van der Waals surface area contributed by atoms with E-state index >= 15 is 0 Å². The van der Waals surface area contributed by atoms with Crippen LogP contribution in [0.4, 0.5) is 15.3 Å². The largest absolute Gasteiger partial charge is 0.453 e. The van der Waals surface area contributed by atoms with E-state index in [1.54, 1.807) is 16.0 Å². The van der Waals surface area contributed by atoms with Crippen LogP contribution in [0, 0.1) is 0 Å². The fourth-order valence-corrected chi connectivity index (χ4v) is 5.84. The number of methoxy groups -OCH3 is 2. The third kappa shape index (κ3) is 16.9. The van der Waals surface area contributed by atoms with Crippen LogP contribution >= 0.6 is 0 Å². The van der Waals surface area contributed by atoms with Crippen molar-refractivity contribution in [1.82, 2.24) is 35.4 Å². The number of H-pyrrole nitrogens is 2. The second-order valence-electron chi connectivity index (χ2n) is 13.5. The van der Waals surface area contributed by atoms with Gasteiger partial charge in [0.2, 0.25) is 18.2 Å². The van der Waals surface area contributed by atoms with Crippen molar-refractivity contribution >= 4 is 47.0 Å². The first kappa shape index (κ1) is 51.2. The van der Waals surface area contributed by atoms with Crippen molar-refractivity contribution in [3.8, 4) is 22.5 Å². The highest BCUT2D eigenvalue weighted by Crippen LogP contribution is 2.29. The number of hydrogen-bond acceptors (Lipinski definition) is 8. The van der Waals surface area contributed by atoms with Crippen LogP contribution in [0.15, 0.2) is 54.7 Å². The molecule has 1 unspecified atom stereocenters. The second kappa shape index (κ2) is 28.5. The van der Waals surface area contributed by atoms with Gasteiger partial charge in [0.15, 0.2) is 0 Å². The molecule has 5 N–H and O–H groups in total. The summed E-state index contributed by atoms with van der Waals surface area (Å²) < 4.78 is 8.92. The maximum absolute atomic E-state index is 12.7. The Morgan fingerprint density at radius 1 is 0.881 bits per heavy atom. The molecule has 1 fully saturated rings. The Labute approximate surface area is 350 Å². The van der Waals surface area contributed by atoms with Gasteiger partial charge in [-0.25, -0.2) is 14.6 Å². The number of anilines is 1. The van der Waals surface area contributed by atoms with Crippen molar-refractivity contribution in [3.05, 3.63) is 60.6 Å². The third-order valence-corrected chi connectivity index (χ3v) is 8.61. The molecular formula is C44H68N8O7. The number of rotatable bonds is 12. The monoisotopic (exact) mass is 821 g/mol. The van der Waals surface area contributed by atoms with E-state index in [2.05, 4.69) is 68.1 Å². The van der Waals surface area contributed by atoms with Gasteiger partial charge in [0, 0.05) is 41.4 Å². The van der Waals surface area contributed by atoms with Crippen molar-refractivity contribution in [1.29, 1.82) is 0 Å². The Morgan fingerprint density at radius 2 is 1.46 bits per heavy atom. The fraction of sp³-hybridized carbons (Fsp3) is 0.500. The molecule has 2 aromatic heterocycles. The van der Waals surface area contributed by atoms with Gasteiger partial charge < -0.3 is 45.2 Å². The summed E-state index contributed by atoms with van der Waals surface area (Å²) in [6, 6.07) is 15.8. The van der Waals surface area contributed by atoms with Crippen molar-refractivity contribution < 1.29 is 33.4 Å². The number of nitrogens with zero attached hydrogens (tertiary/aromatic N) is 3. The second-order valence-corrected chi connectivity index (χ2v) is 13.5. The number of fused-ring (bicyclic) bond motifs is 1. The number of aromatic nitrogens is 3. The molecule has 3 heterocycles. The number of aromatic amines is 2. The average Bonchev–Trinajstić information content (AvgIpc) is 4.02. The number of nitrogens with one attached hydrogen (secondary N) is 5. The molecule has 0 radical (unpaired) electrons. The number of carbonyl (C=O) groups is 5. The topological polar surface area (TPSA) is 191 Å². The van der Waals surface area contributed by atoms with Crippen LogP contribution in [0.5, 0.6) is 0 Å². The molecule has 1 saturated heterocycles. The highest BCUT2D eigenvalue weighted by Gasteiger charge is 2.25. The SMILES string of the molecule is CC.CCC.CCC.CCCN(C(=O)CNC(=O)OC)[C@H](C)c1ncc(-c2ccc(-c3cc4cc(NC=O)ccc4[nH]3)cc2)[nH]1.COC(=O)NCC(=O)N1CCCC1C. The number of benzene rings is 2. The molecule has 4 aromatic rings. The van der Waals surface area contributed by atoms with Gasteiger partial charge in [-0.05, 0) is 68.5 Å². The first-order chi connectivity index (χ1) is 28.4. The van der Waals surface area contributed by atoms with Crippen LogP contribution in [0.2, 0.25) is 0 Å². The van der Waals surface area contributed by atoms with Crippen molar-refractivity contribution in [2.24, 2.45) is 0 Å². The minimum atomic E-state index is -0.645. The number of imidazole rings is 1. The van der Waals surface area contributed by atoms with Gasteiger partial charge in [0.05, 0.1) is 32.2 Å². The molecule has 5 amide bonds. The number of hydrogen-bond donors (Lipinski definition) is 5. The molecule has 0 spiro atoms. The van der Waals surface area contributed by atoms with Gasteiger partial charge in [0.1, 0.15) is 18.9 Å². The normalized spacial score (nSPS) is 12.9. The molecule has 0 saturated carbocycles. The molecule has 0 aliphatic carbocycles. The van der Waals surface area contributed by atoms with E-state index in [0.717, 1.165) is 64.9 Å². The van der Waals surface area contributed by atoms with Gasteiger partial charge in [0.25, 0.3) is 0 Å². The van der Waals surface area contributed by atoms with E-state index in [-0.39, 0.29) is 30.9 Å².